The van der Waals surface area contributed by atoms with Gasteiger partial charge < -0.3 is 10.1 Å². The van der Waals surface area contributed by atoms with E-state index >= 15 is 0 Å². The van der Waals surface area contributed by atoms with Gasteiger partial charge in [-0.05, 0) is 32.0 Å². The molecule has 1 aromatic rings. The molecule has 1 N–H and O–H groups in total. The van der Waals surface area contributed by atoms with Crippen molar-refractivity contribution in [3.63, 3.8) is 0 Å². The number of nitriles is 1. The number of hydrogen-bond acceptors (Lipinski definition) is 3. The quantitative estimate of drug-likeness (QED) is 0.898. The van der Waals surface area contributed by atoms with Crippen molar-refractivity contribution < 1.29 is 17.9 Å². The Morgan fingerprint density at radius 1 is 1.21 bits per heavy atom. The molecule has 102 valence electrons. The van der Waals surface area contributed by atoms with E-state index in [1.807, 2.05) is 0 Å². The van der Waals surface area contributed by atoms with E-state index in [9.17, 15) is 18.4 Å². The Hall–Kier alpha value is -1.74. The standard InChI is InChI=1S/C13H13F3N2O/c14-13(15,16)19-11-4-2-1-3-10(11)12(9-17)5-7-18-8-6-12/h1-4,18H,5-8H2. The van der Waals surface area contributed by atoms with Crippen LogP contribution in [0.1, 0.15) is 18.4 Å². The van der Waals surface area contributed by atoms with Gasteiger partial charge in [0.15, 0.2) is 0 Å². The van der Waals surface area contributed by atoms with E-state index in [1.165, 1.54) is 18.2 Å². The second kappa shape index (κ2) is 5.10. The van der Waals surface area contributed by atoms with Crippen LogP contribution in [0.15, 0.2) is 24.3 Å². The maximum absolute atomic E-state index is 12.4. The predicted molar refractivity (Wildman–Crippen MR) is 62.5 cm³/mol. The largest absolute Gasteiger partial charge is 0.573 e. The van der Waals surface area contributed by atoms with Gasteiger partial charge in [-0.25, -0.2) is 0 Å². The van der Waals surface area contributed by atoms with Crippen molar-refractivity contribution in [3.8, 4) is 11.8 Å². The van der Waals surface area contributed by atoms with E-state index in [1.54, 1.807) is 6.07 Å². The average Bonchev–Trinajstić information content (AvgIpc) is 2.38. The SMILES string of the molecule is N#CC1(c2ccccc2OC(F)(F)F)CCNCC1. The number of benzene rings is 1. The van der Waals surface area contributed by atoms with Gasteiger partial charge in [-0.3, -0.25) is 0 Å². The summed E-state index contributed by atoms with van der Waals surface area (Å²) in [7, 11) is 0. The van der Waals surface area contributed by atoms with Crippen molar-refractivity contribution in [2.75, 3.05) is 13.1 Å². The van der Waals surface area contributed by atoms with E-state index in [2.05, 4.69) is 16.1 Å². The molecule has 2 rings (SSSR count). The van der Waals surface area contributed by atoms with E-state index in [0.29, 0.717) is 31.5 Å². The molecule has 0 atom stereocenters. The number of ether oxygens (including phenoxy) is 1. The number of nitrogens with one attached hydrogen (secondary N) is 1. The van der Waals surface area contributed by atoms with Crippen molar-refractivity contribution >= 4 is 0 Å². The zero-order valence-corrected chi connectivity index (χ0v) is 10.1. The highest BCUT2D eigenvalue weighted by atomic mass is 19.4. The first-order valence-corrected chi connectivity index (χ1v) is 5.94. The molecule has 0 amide bonds. The number of hydrogen-bond donors (Lipinski definition) is 1. The molecule has 1 heterocycles. The zero-order valence-electron chi connectivity index (χ0n) is 10.1. The molecule has 0 unspecified atom stereocenters. The van der Waals surface area contributed by atoms with Crippen LogP contribution in [-0.2, 0) is 5.41 Å². The average molecular weight is 270 g/mol. The summed E-state index contributed by atoms with van der Waals surface area (Å²) in [5, 5.41) is 12.5. The lowest BCUT2D eigenvalue weighted by Gasteiger charge is -2.32. The number of halogens is 3. The van der Waals surface area contributed by atoms with Crippen molar-refractivity contribution in [1.29, 1.82) is 5.26 Å². The fourth-order valence-electron chi connectivity index (χ4n) is 2.37. The second-order valence-electron chi connectivity index (χ2n) is 4.49. The maximum Gasteiger partial charge on any atom is 0.573 e. The van der Waals surface area contributed by atoms with Crippen molar-refractivity contribution in [2.45, 2.75) is 24.6 Å². The lowest BCUT2D eigenvalue weighted by molar-refractivity contribution is -0.275. The molecule has 0 aliphatic carbocycles. The highest BCUT2D eigenvalue weighted by molar-refractivity contribution is 5.44. The molecule has 0 radical (unpaired) electrons. The van der Waals surface area contributed by atoms with E-state index < -0.39 is 11.8 Å². The Morgan fingerprint density at radius 2 is 1.84 bits per heavy atom. The van der Waals surface area contributed by atoms with Crippen LogP contribution in [0.4, 0.5) is 13.2 Å². The molecule has 1 fully saturated rings. The Balaban J connectivity index is 2.41. The molecule has 0 bridgehead atoms. The lowest BCUT2D eigenvalue weighted by atomic mass is 9.74. The summed E-state index contributed by atoms with van der Waals surface area (Å²) in [6.45, 7) is 1.21. The summed E-state index contributed by atoms with van der Waals surface area (Å²) < 4.78 is 41.2. The first-order chi connectivity index (χ1) is 8.97. The molecule has 0 saturated carbocycles. The topological polar surface area (TPSA) is 45.0 Å². The van der Waals surface area contributed by atoms with Gasteiger partial charge >= 0.3 is 6.36 Å². The van der Waals surface area contributed by atoms with Crippen LogP contribution in [0.3, 0.4) is 0 Å². The van der Waals surface area contributed by atoms with Gasteiger partial charge in [0.05, 0.1) is 11.5 Å². The third kappa shape index (κ3) is 2.99. The number of nitrogens with zero attached hydrogens (tertiary/aromatic N) is 1. The van der Waals surface area contributed by atoms with Crippen LogP contribution in [-0.4, -0.2) is 19.5 Å². The molecular weight excluding hydrogens is 257 g/mol. The molecule has 3 nitrogen and oxygen atoms in total. The molecule has 0 spiro atoms. The summed E-state index contributed by atoms with van der Waals surface area (Å²) in [4.78, 5) is 0. The number of alkyl halides is 3. The highest BCUT2D eigenvalue weighted by Crippen LogP contribution is 2.39. The van der Waals surface area contributed by atoms with Gasteiger partial charge in [0, 0.05) is 5.56 Å². The number of piperidine rings is 1. The third-order valence-electron chi connectivity index (χ3n) is 3.30. The normalized spacial score (nSPS) is 18.6. The van der Waals surface area contributed by atoms with Crippen molar-refractivity contribution in [1.82, 2.24) is 5.32 Å². The molecule has 0 aromatic heterocycles. The van der Waals surface area contributed by atoms with Crippen LogP contribution in [0, 0.1) is 11.3 Å². The fourth-order valence-corrected chi connectivity index (χ4v) is 2.37. The van der Waals surface area contributed by atoms with Gasteiger partial charge in [0.1, 0.15) is 5.75 Å². The zero-order chi connectivity index (χ0) is 13.9. The molecular formula is C13H13F3N2O. The first kappa shape index (κ1) is 13.7. The van der Waals surface area contributed by atoms with Gasteiger partial charge in [0.2, 0.25) is 0 Å². The lowest BCUT2D eigenvalue weighted by Crippen LogP contribution is -2.39. The van der Waals surface area contributed by atoms with Gasteiger partial charge in [-0.1, -0.05) is 18.2 Å². The molecule has 1 aliphatic rings. The second-order valence-corrected chi connectivity index (χ2v) is 4.49. The van der Waals surface area contributed by atoms with Gasteiger partial charge in [-0.2, -0.15) is 5.26 Å². The van der Waals surface area contributed by atoms with Crippen molar-refractivity contribution in [3.05, 3.63) is 29.8 Å². The fraction of sp³-hybridized carbons (Fsp3) is 0.462. The minimum Gasteiger partial charge on any atom is -0.405 e. The van der Waals surface area contributed by atoms with E-state index in [0.717, 1.165) is 0 Å². The van der Waals surface area contributed by atoms with Gasteiger partial charge in [0.25, 0.3) is 0 Å². The monoisotopic (exact) mass is 270 g/mol. The number of para-hydroxylation sites is 1. The Labute approximate surface area is 109 Å². The molecule has 1 saturated heterocycles. The number of rotatable bonds is 2. The Morgan fingerprint density at radius 3 is 2.42 bits per heavy atom. The van der Waals surface area contributed by atoms with Crippen LogP contribution in [0.5, 0.6) is 5.75 Å². The smallest absolute Gasteiger partial charge is 0.405 e. The highest BCUT2D eigenvalue weighted by Gasteiger charge is 2.39. The van der Waals surface area contributed by atoms with Crippen LogP contribution < -0.4 is 10.1 Å². The Kier molecular flexibility index (Phi) is 3.67. The van der Waals surface area contributed by atoms with Crippen LogP contribution in [0.2, 0.25) is 0 Å². The molecule has 1 aliphatic heterocycles. The molecule has 19 heavy (non-hydrogen) atoms. The van der Waals surface area contributed by atoms with Crippen molar-refractivity contribution in [2.24, 2.45) is 0 Å². The van der Waals surface area contributed by atoms with E-state index in [-0.39, 0.29) is 5.75 Å². The van der Waals surface area contributed by atoms with Crippen LogP contribution in [0.25, 0.3) is 0 Å². The molecule has 1 aromatic carbocycles. The summed E-state index contributed by atoms with van der Waals surface area (Å²) >= 11 is 0. The molecule has 6 heteroatoms. The summed E-state index contributed by atoms with van der Waals surface area (Å²) in [5.41, 5.74) is -0.594. The van der Waals surface area contributed by atoms with Crippen LogP contribution >= 0.6 is 0 Å². The van der Waals surface area contributed by atoms with Gasteiger partial charge in [-0.15, -0.1) is 13.2 Å². The minimum absolute atomic E-state index is 0.279. The summed E-state index contributed by atoms with van der Waals surface area (Å²) in [6, 6.07) is 8.06. The Bertz CT molecular complexity index is 487. The van der Waals surface area contributed by atoms with E-state index in [4.69, 9.17) is 0 Å². The maximum atomic E-state index is 12.4. The predicted octanol–water partition coefficient (Wildman–Crippen LogP) is 2.73. The first-order valence-electron chi connectivity index (χ1n) is 5.94. The third-order valence-corrected chi connectivity index (χ3v) is 3.30. The minimum atomic E-state index is -4.75. The summed E-state index contributed by atoms with van der Waals surface area (Å²) in [5.74, 6) is -0.279. The summed E-state index contributed by atoms with van der Waals surface area (Å²) in [6.07, 6.45) is -3.80.